The Morgan fingerprint density at radius 1 is 1.29 bits per heavy atom. The van der Waals surface area contributed by atoms with E-state index >= 15 is 0 Å². The number of aliphatic hydroxyl groups excluding tert-OH is 1. The minimum Gasteiger partial charge on any atom is -0.392 e. The largest absolute Gasteiger partial charge is 0.392 e. The highest BCUT2D eigenvalue weighted by Crippen LogP contribution is 2.13. The molecule has 0 amide bonds. The van der Waals surface area contributed by atoms with E-state index < -0.39 is 10.0 Å². The van der Waals surface area contributed by atoms with Crippen molar-refractivity contribution >= 4 is 10.0 Å². The van der Waals surface area contributed by atoms with Gasteiger partial charge in [0.2, 0.25) is 10.0 Å². The predicted octanol–water partition coefficient (Wildman–Crippen LogP) is 1.50. The fourth-order valence-electron chi connectivity index (χ4n) is 1.26. The average Bonchev–Trinajstić information content (AvgIpc) is 2.28. The Morgan fingerprint density at radius 2 is 1.94 bits per heavy atom. The quantitative estimate of drug-likeness (QED) is 0.840. The minimum absolute atomic E-state index is 0.127. The number of hydrogen-bond donors (Lipinski definition) is 2. The van der Waals surface area contributed by atoms with Gasteiger partial charge in [0.1, 0.15) is 0 Å². The zero-order chi connectivity index (χ0) is 13.1. The number of nitrogens with one attached hydrogen (secondary N) is 1. The van der Waals surface area contributed by atoms with Crippen LogP contribution in [0.2, 0.25) is 0 Å². The Hall–Kier alpha value is -0.910. The van der Waals surface area contributed by atoms with Crippen LogP contribution in [0, 0.1) is 5.92 Å². The van der Waals surface area contributed by atoms with E-state index in [0.29, 0.717) is 5.56 Å². The minimum atomic E-state index is -3.50. The van der Waals surface area contributed by atoms with Crippen molar-refractivity contribution in [1.82, 2.24) is 4.72 Å². The highest BCUT2D eigenvalue weighted by Gasteiger charge is 2.19. The summed E-state index contributed by atoms with van der Waals surface area (Å²) in [5.41, 5.74) is 0.588. The molecule has 0 spiro atoms. The lowest BCUT2D eigenvalue weighted by atomic mass is 10.1. The molecular weight excluding hydrogens is 238 g/mol. The lowest BCUT2D eigenvalue weighted by Gasteiger charge is -2.17. The normalized spacial score (nSPS) is 13.9. The summed E-state index contributed by atoms with van der Waals surface area (Å²) >= 11 is 0. The van der Waals surface area contributed by atoms with Gasteiger partial charge in [-0.3, -0.25) is 0 Å². The number of hydrogen-bond acceptors (Lipinski definition) is 3. The second-order valence-corrected chi connectivity index (χ2v) is 6.17. The zero-order valence-corrected chi connectivity index (χ0v) is 11.2. The molecule has 96 valence electrons. The van der Waals surface area contributed by atoms with Gasteiger partial charge in [-0.15, -0.1) is 0 Å². The van der Waals surface area contributed by atoms with Crippen LogP contribution in [0.1, 0.15) is 26.3 Å². The first-order valence-corrected chi connectivity index (χ1v) is 7.07. The van der Waals surface area contributed by atoms with Gasteiger partial charge in [-0.25, -0.2) is 13.1 Å². The molecule has 0 aliphatic carbocycles. The Morgan fingerprint density at radius 3 is 2.47 bits per heavy atom. The SMILES string of the molecule is CC(C)C(C)NS(=O)(=O)c1cccc(CO)c1. The molecule has 17 heavy (non-hydrogen) atoms. The molecule has 5 heteroatoms. The molecule has 1 unspecified atom stereocenters. The Bertz CT molecular complexity index is 468. The molecular formula is C12H19NO3S. The summed E-state index contributed by atoms with van der Waals surface area (Å²) in [7, 11) is -3.50. The lowest BCUT2D eigenvalue weighted by molar-refractivity contribution is 0.281. The molecule has 0 fully saturated rings. The van der Waals surface area contributed by atoms with Crippen molar-refractivity contribution in [2.24, 2.45) is 5.92 Å². The van der Waals surface area contributed by atoms with Crippen LogP contribution in [0.3, 0.4) is 0 Å². The monoisotopic (exact) mass is 257 g/mol. The molecule has 2 N–H and O–H groups in total. The second kappa shape index (κ2) is 5.62. The van der Waals surface area contributed by atoms with Crippen LogP contribution in [0.4, 0.5) is 0 Å². The molecule has 0 saturated carbocycles. The molecule has 0 radical (unpaired) electrons. The van der Waals surface area contributed by atoms with Crippen molar-refractivity contribution in [2.75, 3.05) is 0 Å². The molecule has 1 rings (SSSR count). The van der Waals surface area contributed by atoms with Crippen molar-refractivity contribution in [3.63, 3.8) is 0 Å². The lowest BCUT2D eigenvalue weighted by Crippen LogP contribution is -2.36. The van der Waals surface area contributed by atoms with Gasteiger partial charge in [0.25, 0.3) is 0 Å². The van der Waals surface area contributed by atoms with E-state index in [1.165, 1.54) is 12.1 Å². The van der Waals surface area contributed by atoms with Gasteiger partial charge in [-0.05, 0) is 30.5 Å². The summed E-state index contributed by atoms with van der Waals surface area (Å²) in [5, 5.41) is 8.98. The maximum Gasteiger partial charge on any atom is 0.240 e. The summed E-state index contributed by atoms with van der Waals surface area (Å²) in [6.45, 7) is 5.58. The first-order valence-electron chi connectivity index (χ1n) is 5.59. The Kier molecular flexibility index (Phi) is 4.68. The third kappa shape index (κ3) is 3.80. The zero-order valence-electron chi connectivity index (χ0n) is 10.3. The summed E-state index contributed by atoms with van der Waals surface area (Å²) in [5.74, 6) is 0.228. The maximum atomic E-state index is 12.0. The van der Waals surface area contributed by atoms with Gasteiger partial charge >= 0.3 is 0 Å². The van der Waals surface area contributed by atoms with Gasteiger partial charge in [0, 0.05) is 6.04 Å². The molecule has 0 saturated heterocycles. The molecule has 0 aromatic heterocycles. The molecule has 0 aliphatic rings. The predicted molar refractivity (Wildman–Crippen MR) is 67.0 cm³/mol. The number of rotatable bonds is 5. The summed E-state index contributed by atoms with van der Waals surface area (Å²) in [4.78, 5) is 0.191. The van der Waals surface area contributed by atoms with E-state index in [1.807, 2.05) is 20.8 Å². The standard InChI is InChI=1S/C12H19NO3S/c1-9(2)10(3)13-17(15,16)12-6-4-5-11(7-12)8-14/h4-7,9-10,13-14H,8H2,1-3H3. The average molecular weight is 257 g/mol. The van der Waals surface area contributed by atoms with Crippen molar-refractivity contribution < 1.29 is 13.5 Å². The van der Waals surface area contributed by atoms with Crippen molar-refractivity contribution in [2.45, 2.75) is 38.3 Å². The number of benzene rings is 1. The van der Waals surface area contributed by atoms with Crippen molar-refractivity contribution in [1.29, 1.82) is 0 Å². The first-order chi connectivity index (χ1) is 7.86. The molecule has 1 aromatic rings. The van der Waals surface area contributed by atoms with E-state index in [2.05, 4.69) is 4.72 Å². The molecule has 1 atom stereocenters. The summed E-state index contributed by atoms with van der Waals surface area (Å²) < 4.78 is 26.7. The Labute approximate surface area is 103 Å². The highest BCUT2D eigenvalue weighted by atomic mass is 32.2. The maximum absolute atomic E-state index is 12.0. The third-order valence-corrected chi connectivity index (χ3v) is 4.29. The summed E-state index contributed by atoms with van der Waals surface area (Å²) in [6.07, 6.45) is 0. The second-order valence-electron chi connectivity index (χ2n) is 4.46. The van der Waals surface area contributed by atoms with Crippen LogP contribution in [0.25, 0.3) is 0 Å². The van der Waals surface area contributed by atoms with Gasteiger partial charge in [-0.1, -0.05) is 26.0 Å². The smallest absolute Gasteiger partial charge is 0.240 e. The van der Waals surface area contributed by atoms with Gasteiger partial charge in [0.05, 0.1) is 11.5 Å². The summed E-state index contributed by atoms with van der Waals surface area (Å²) in [6, 6.07) is 6.19. The molecule has 1 aromatic carbocycles. The fourth-order valence-corrected chi connectivity index (χ4v) is 2.72. The first kappa shape index (κ1) is 14.2. The van der Waals surface area contributed by atoms with Gasteiger partial charge < -0.3 is 5.11 Å². The van der Waals surface area contributed by atoms with E-state index in [4.69, 9.17) is 5.11 Å². The number of sulfonamides is 1. The third-order valence-electron chi connectivity index (χ3n) is 2.73. The van der Waals surface area contributed by atoms with E-state index in [9.17, 15) is 8.42 Å². The van der Waals surface area contributed by atoms with Crippen LogP contribution in [0.15, 0.2) is 29.2 Å². The molecule has 0 bridgehead atoms. The van der Waals surface area contributed by atoms with Crippen LogP contribution in [-0.2, 0) is 16.6 Å². The van der Waals surface area contributed by atoms with E-state index in [1.54, 1.807) is 12.1 Å². The highest BCUT2D eigenvalue weighted by molar-refractivity contribution is 7.89. The van der Waals surface area contributed by atoms with Gasteiger partial charge in [-0.2, -0.15) is 0 Å². The topological polar surface area (TPSA) is 66.4 Å². The number of aliphatic hydroxyl groups is 1. The van der Waals surface area contributed by atoms with E-state index in [0.717, 1.165) is 0 Å². The van der Waals surface area contributed by atoms with Crippen molar-refractivity contribution in [3.8, 4) is 0 Å². The molecule has 4 nitrogen and oxygen atoms in total. The molecule has 0 heterocycles. The Balaban J connectivity index is 2.97. The van der Waals surface area contributed by atoms with Crippen LogP contribution >= 0.6 is 0 Å². The van der Waals surface area contributed by atoms with E-state index in [-0.39, 0.29) is 23.5 Å². The molecule has 0 aliphatic heterocycles. The van der Waals surface area contributed by atoms with Crippen LogP contribution in [0.5, 0.6) is 0 Å². The van der Waals surface area contributed by atoms with Crippen LogP contribution in [-0.4, -0.2) is 19.6 Å². The van der Waals surface area contributed by atoms with Crippen molar-refractivity contribution in [3.05, 3.63) is 29.8 Å². The van der Waals surface area contributed by atoms with Gasteiger partial charge in [0.15, 0.2) is 0 Å². The fraction of sp³-hybridized carbons (Fsp3) is 0.500. The van der Waals surface area contributed by atoms with Crippen LogP contribution < -0.4 is 4.72 Å².